The Balaban J connectivity index is 2.27. The van der Waals surface area contributed by atoms with E-state index in [9.17, 15) is 9.18 Å². The van der Waals surface area contributed by atoms with Crippen LogP contribution in [0.2, 0.25) is 0 Å². The average molecular weight is 252 g/mol. The Hall–Kier alpha value is -1.58. The van der Waals surface area contributed by atoms with E-state index in [1.807, 2.05) is 6.07 Å². The van der Waals surface area contributed by atoms with Gasteiger partial charge in [-0.3, -0.25) is 4.79 Å². The van der Waals surface area contributed by atoms with E-state index in [4.69, 9.17) is 9.47 Å². The molecule has 98 valence electrons. The fraction of sp³-hybridized carbons (Fsp3) is 0.500. The van der Waals surface area contributed by atoms with Gasteiger partial charge in [-0.2, -0.15) is 0 Å². The van der Waals surface area contributed by atoms with Crippen molar-refractivity contribution < 1.29 is 18.7 Å². The fourth-order valence-corrected chi connectivity index (χ4v) is 2.05. The number of carbonyl (C=O) groups excluding carboxylic acids is 1. The Bertz CT molecular complexity index is 453. The number of carbonyl (C=O) groups is 1. The molecule has 0 bridgehead atoms. The van der Waals surface area contributed by atoms with Gasteiger partial charge in [0.25, 0.3) is 0 Å². The molecule has 1 saturated carbocycles. The summed E-state index contributed by atoms with van der Waals surface area (Å²) in [5, 5.41) is 0. The van der Waals surface area contributed by atoms with Crippen molar-refractivity contribution in [2.75, 3.05) is 13.7 Å². The molecule has 0 atom stereocenters. The minimum Gasteiger partial charge on any atom is -0.493 e. The zero-order chi connectivity index (χ0) is 13.1. The molecule has 3 nitrogen and oxygen atoms in total. The van der Waals surface area contributed by atoms with Gasteiger partial charge in [0.15, 0.2) is 11.6 Å². The Morgan fingerprint density at radius 2 is 2.17 bits per heavy atom. The molecule has 1 fully saturated rings. The molecule has 0 amide bonds. The van der Waals surface area contributed by atoms with E-state index in [-0.39, 0.29) is 18.1 Å². The fourth-order valence-electron chi connectivity index (χ4n) is 2.05. The summed E-state index contributed by atoms with van der Waals surface area (Å²) in [7, 11) is 1.41. The van der Waals surface area contributed by atoms with Crippen LogP contribution in [0, 0.1) is 5.82 Å². The summed E-state index contributed by atoms with van der Waals surface area (Å²) in [6, 6.07) is 3.36. The van der Waals surface area contributed by atoms with Crippen LogP contribution in [0.15, 0.2) is 12.1 Å². The molecule has 18 heavy (non-hydrogen) atoms. The van der Waals surface area contributed by atoms with Crippen molar-refractivity contribution in [1.29, 1.82) is 0 Å². The van der Waals surface area contributed by atoms with Crippen molar-refractivity contribution in [1.82, 2.24) is 0 Å². The predicted octanol–water partition coefficient (Wildman–Crippen LogP) is 2.82. The van der Waals surface area contributed by atoms with Crippen molar-refractivity contribution in [2.45, 2.75) is 32.1 Å². The smallest absolute Gasteiger partial charge is 0.310 e. The lowest BCUT2D eigenvalue weighted by Crippen LogP contribution is -2.09. The van der Waals surface area contributed by atoms with E-state index in [0.29, 0.717) is 18.1 Å². The topological polar surface area (TPSA) is 35.5 Å². The van der Waals surface area contributed by atoms with E-state index < -0.39 is 5.82 Å². The minimum atomic E-state index is -0.402. The summed E-state index contributed by atoms with van der Waals surface area (Å²) >= 11 is 0. The first-order valence-electron chi connectivity index (χ1n) is 6.17. The van der Waals surface area contributed by atoms with E-state index in [1.54, 1.807) is 6.92 Å². The van der Waals surface area contributed by atoms with Crippen LogP contribution >= 0.6 is 0 Å². The van der Waals surface area contributed by atoms with Gasteiger partial charge in [-0.15, -0.1) is 0 Å². The number of halogens is 1. The Labute approximate surface area is 106 Å². The maximum Gasteiger partial charge on any atom is 0.310 e. The van der Waals surface area contributed by atoms with Gasteiger partial charge in [-0.25, -0.2) is 4.39 Å². The highest BCUT2D eigenvalue weighted by Gasteiger charge is 2.26. The van der Waals surface area contributed by atoms with E-state index in [0.717, 1.165) is 18.4 Å². The van der Waals surface area contributed by atoms with E-state index in [2.05, 4.69) is 0 Å². The largest absolute Gasteiger partial charge is 0.493 e. The van der Waals surface area contributed by atoms with Crippen LogP contribution in [-0.4, -0.2) is 19.7 Å². The summed E-state index contributed by atoms with van der Waals surface area (Å²) in [6.45, 7) is 2.07. The van der Waals surface area contributed by atoms with Crippen LogP contribution < -0.4 is 4.74 Å². The standard InChI is InChI=1S/C14H17FO3/c1-3-18-13(16)8-11-6-10(9-4-5-9)7-12(15)14(11)17-2/h6-7,9H,3-5,8H2,1-2H3. The van der Waals surface area contributed by atoms with Crippen molar-refractivity contribution in [3.05, 3.63) is 29.1 Å². The van der Waals surface area contributed by atoms with Gasteiger partial charge in [-0.05, 0) is 37.3 Å². The molecule has 4 heteroatoms. The van der Waals surface area contributed by atoms with Crippen LogP contribution in [0.3, 0.4) is 0 Å². The molecule has 0 radical (unpaired) electrons. The number of methoxy groups -OCH3 is 1. The molecule has 1 aliphatic carbocycles. The second-order valence-corrected chi connectivity index (χ2v) is 4.45. The summed E-state index contributed by atoms with van der Waals surface area (Å²) < 4.78 is 23.8. The molecule has 0 heterocycles. The maximum atomic E-state index is 13.9. The van der Waals surface area contributed by atoms with Gasteiger partial charge in [0.2, 0.25) is 0 Å². The Kier molecular flexibility index (Phi) is 3.84. The molecule has 1 aromatic carbocycles. The SMILES string of the molecule is CCOC(=O)Cc1cc(C2CC2)cc(F)c1OC. The second-order valence-electron chi connectivity index (χ2n) is 4.45. The Morgan fingerprint density at radius 3 is 2.72 bits per heavy atom. The molecule has 0 saturated heterocycles. The van der Waals surface area contributed by atoms with Crippen LogP contribution in [-0.2, 0) is 16.0 Å². The number of benzene rings is 1. The zero-order valence-electron chi connectivity index (χ0n) is 10.7. The average Bonchev–Trinajstić information content (AvgIpc) is 3.12. The lowest BCUT2D eigenvalue weighted by molar-refractivity contribution is -0.142. The van der Waals surface area contributed by atoms with Crippen LogP contribution in [0.5, 0.6) is 5.75 Å². The van der Waals surface area contributed by atoms with Crippen molar-refractivity contribution in [3.63, 3.8) is 0 Å². The molecule has 0 spiro atoms. The van der Waals surface area contributed by atoms with Crippen LogP contribution in [0.25, 0.3) is 0 Å². The van der Waals surface area contributed by atoms with Gasteiger partial charge in [0, 0.05) is 5.56 Å². The van der Waals surface area contributed by atoms with E-state index in [1.165, 1.54) is 13.2 Å². The second kappa shape index (κ2) is 5.38. The van der Waals surface area contributed by atoms with E-state index >= 15 is 0 Å². The van der Waals surface area contributed by atoms with Crippen LogP contribution in [0.1, 0.15) is 36.8 Å². The highest BCUT2D eigenvalue weighted by Crippen LogP contribution is 2.42. The number of rotatable bonds is 5. The molecular formula is C14H17FO3. The maximum absolute atomic E-state index is 13.9. The predicted molar refractivity (Wildman–Crippen MR) is 65.3 cm³/mol. The van der Waals surface area contributed by atoms with Gasteiger partial charge >= 0.3 is 5.97 Å². The molecule has 2 rings (SSSR count). The summed E-state index contributed by atoms with van der Waals surface area (Å²) in [4.78, 5) is 11.5. The third-order valence-corrected chi connectivity index (χ3v) is 3.04. The molecule has 0 unspecified atom stereocenters. The number of hydrogen-bond acceptors (Lipinski definition) is 3. The summed E-state index contributed by atoms with van der Waals surface area (Å²) in [5.74, 6) is -0.178. The third-order valence-electron chi connectivity index (χ3n) is 3.04. The first kappa shape index (κ1) is 12.9. The quantitative estimate of drug-likeness (QED) is 0.756. The number of ether oxygens (including phenoxy) is 2. The summed E-state index contributed by atoms with van der Waals surface area (Å²) in [6.07, 6.45) is 2.23. The van der Waals surface area contributed by atoms with Gasteiger partial charge in [0.1, 0.15) is 0 Å². The molecular weight excluding hydrogens is 235 g/mol. The molecule has 0 aliphatic heterocycles. The number of hydrogen-bond donors (Lipinski definition) is 0. The highest BCUT2D eigenvalue weighted by molar-refractivity contribution is 5.73. The third kappa shape index (κ3) is 2.81. The van der Waals surface area contributed by atoms with Gasteiger partial charge < -0.3 is 9.47 Å². The zero-order valence-corrected chi connectivity index (χ0v) is 10.7. The monoisotopic (exact) mass is 252 g/mol. The normalized spacial score (nSPS) is 14.4. The van der Waals surface area contributed by atoms with Gasteiger partial charge in [0.05, 0.1) is 20.1 Å². The molecule has 0 aromatic heterocycles. The van der Waals surface area contributed by atoms with Crippen molar-refractivity contribution >= 4 is 5.97 Å². The van der Waals surface area contributed by atoms with Gasteiger partial charge in [-0.1, -0.05) is 6.07 Å². The summed E-state index contributed by atoms with van der Waals surface area (Å²) in [5.41, 5.74) is 1.52. The molecule has 1 aliphatic rings. The number of esters is 1. The molecule has 0 N–H and O–H groups in total. The van der Waals surface area contributed by atoms with Crippen molar-refractivity contribution in [3.8, 4) is 5.75 Å². The minimum absolute atomic E-state index is 0.0501. The highest BCUT2D eigenvalue weighted by atomic mass is 19.1. The first-order valence-corrected chi connectivity index (χ1v) is 6.17. The lowest BCUT2D eigenvalue weighted by atomic mass is 10.0. The molecule has 1 aromatic rings. The first-order chi connectivity index (χ1) is 8.65. The van der Waals surface area contributed by atoms with Crippen LogP contribution in [0.4, 0.5) is 4.39 Å². The van der Waals surface area contributed by atoms with Crippen molar-refractivity contribution in [2.24, 2.45) is 0 Å². The lowest BCUT2D eigenvalue weighted by Gasteiger charge is -2.11. The Morgan fingerprint density at radius 1 is 1.44 bits per heavy atom.